The van der Waals surface area contributed by atoms with E-state index in [9.17, 15) is 0 Å². The normalized spacial score (nSPS) is 19.0. The van der Waals surface area contributed by atoms with Gasteiger partial charge in [0.05, 0.1) is 6.04 Å². The smallest absolute Gasteiger partial charge is 0.209 e. The van der Waals surface area contributed by atoms with Gasteiger partial charge in [-0.3, -0.25) is 0 Å². The summed E-state index contributed by atoms with van der Waals surface area (Å²) in [6.07, 6.45) is 8.62. The topological polar surface area (TPSA) is 55.6 Å². The minimum atomic E-state index is 0.517. The zero-order valence-electron chi connectivity index (χ0n) is 13.6. The quantitative estimate of drug-likeness (QED) is 0.708. The Kier molecular flexibility index (Phi) is 6.96. The molecular formula is C15H29N5S. The highest BCUT2D eigenvalue weighted by atomic mass is 32.2. The van der Waals surface area contributed by atoms with Gasteiger partial charge < -0.3 is 5.32 Å². The summed E-state index contributed by atoms with van der Waals surface area (Å²) in [4.78, 5) is 0. The van der Waals surface area contributed by atoms with Crippen molar-refractivity contribution in [1.82, 2.24) is 25.5 Å². The molecule has 21 heavy (non-hydrogen) atoms. The third-order valence-electron chi connectivity index (χ3n) is 4.31. The van der Waals surface area contributed by atoms with Crippen LogP contribution in [0.2, 0.25) is 0 Å². The summed E-state index contributed by atoms with van der Waals surface area (Å²) < 4.78 is 2.08. The van der Waals surface area contributed by atoms with Crippen molar-refractivity contribution in [3.05, 3.63) is 0 Å². The third-order valence-corrected chi connectivity index (χ3v) is 5.75. The Morgan fingerprint density at radius 3 is 2.67 bits per heavy atom. The number of nitrogens with one attached hydrogen (secondary N) is 1. The van der Waals surface area contributed by atoms with Crippen LogP contribution in [0.25, 0.3) is 0 Å². The molecule has 6 heteroatoms. The minimum Gasteiger partial charge on any atom is -0.313 e. The van der Waals surface area contributed by atoms with Crippen LogP contribution in [0.5, 0.6) is 0 Å². The highest BCUT2D eigenvalue weighted by Gasteiger charge is 2.26. The first-order valence-electron chi connectivity index (χ1n) is 8.48. The molecule has 1 N–H and O–H groups in total. The monoisotopic (exact) mass is 311 g/mol. The average Bonchev–Trinajstić information content (AvgIpc) is 3.15. The van der Waals surface area contributed by atoms with Gasteiger partial charge in [-0.15, -0.1) is 5.10 Å². The fourth-order valence-electron chi connectivity index (χ4n) is 3.22. The van der Waals surface area contributed by atoms with E-state index < -0.39 is 0 Å². The van der Waals surface area contributed by atoms with Crippen molar-refractivity contribution in [3.63, 3.8) is 0 Å². The summed E-state index contributed by atoms with van der Waals surface area (Å²) in [5, 5.41) is 17.6. The number of hydrogen-bond acceptors (Lipinski definition) is 5. The van der Waals surface area contributed by atoms with Crippen LogP contribution in [0, 0.1) is 0 Å². The SMILES string of the molecule is CCCC(NCC)C(CC)Sc1nnnn1C1CCCC1. The van der Waals surface area contributed by atoms with E-state index in [2.05, 4.69) is 46.3 Å². The van der Waals surface area contributed by atoms with Crippen LogP contribution in [-0.2, 0) is 0 Å². The molecular weight excluding hydrogens is 282 g/mol. The lowest BCUT2D eigenvalue weighted by molar-refractivity contribution is 0.420. The second-order valence-corrected chi connectivity index (χ2v) is 7.07. The summed E-state index contributed by atoms with van der Waals surface area (Å²) >= 11 is 1.86. The molecule has 2 rings (SSSR count). The van der Waals surface area contributed by atoms with E-state index in [1.807, 2.05) is 11.8 Å². The van der Waals surface area contributed by atoms with Gasteiger partial charge in [0.15, 0.2) is 0 Å². The van der Waals surface area contributed by atoms with Gasteiger partial charge in [0.25, 0.3) is 0 Å². The van der Waals surface area contributed by atoms with E-state index in [4.69, 9.17) is 0 Å². The van der Waals surface area contributed by atoms with Crippen LogP contribution in [0.4, 0.5) is 0 Å². The largest absolute Gasteiger partial charge is 0.313 e. The van der Waals surface area contributed by atoms with Gasteiger partial charge in [-0.25, -0.2) is 4.68 Å². The van der Waals surface area contributed by atoms with E-state index in [1.54, 1.807) is 0 Å². The Morgan fingerprint density at radius 1 is 1.29 bits per heavy atom. The minimum absolute atomic E-state index is 0.517. The summed E-state index contributed by atoms with van der Waals surface area (Å²) in [7, 11) is 0. The first-order chi connectivity index (χ1) is 10.3. The summed E-state index contributed by atoms with van der Waals surface area (Å²) in [6, 6.07) is 1.06. The fraction of sp³-hybridized carbons (Fsp3) is 0.933. The van der Waals surface area contributed by atoms with Crippen LogP contribution in [0.15, 0.2) is 5.16 Å². The van der Waals surface area contributed by atoms with Gasteiger partial charge in [-0.2, -0.15) is 0 Å². The van der Waals surface area contributed by atoms with Gasteiger partial charge in [-0.05, 0) is 42.7 Å². The van der Waals surface area contributed by atoms with E-state index in [1.165, 1.54) is 38.5 Å². The maximum absolute atomic E-state index is 4.29. The Bertz CT molecular complexity index is 397. The van der Waals surface area contributed by atoms with E-state index in [0.717, 1.165) is 18.1 Å². The number of aromatic nitrogens is 4. The van der Waals surface area contributed by atoms with Crippen LogP contribution in [0.3, 0.4) is 0 Å². The van der Waals surface area contributed by atoms with Crippen molar-refractivity contribution in [2.45, 2.75) is 88.2 Å². The standard InChI is InChI=1S/C15H29N5S/c1-4-9-13(16-6-3)14(5-2)21-15-17-18-19-20(15)12-10-7-8-11-12/h12-14,16H,4-11H2,1-3H3. The second kappa shape index (κ2) is 8.73. The molecule has 2 unspecified atom stereocenters. The zero-order valence-corrected chi connectivity index (χ0v) is 14.4. The molecule has 0 amide bonds. The van der Waals surface area contributed by atoms with Crippen molar-refractivity contribution in [2.24, 2.45) is 0 Å². The first-order valence-corrected chi connectivity index (χ1v) is 9.35. The lowest BCUT2D eigenvalue weighted by Crippen LogP contribution is -2.38. The van der Waals surface area contributed by atoms with Crippen molar-refractivity contribution >= 4 is 11.8 Å². The molecule has 2 atom stereocenters. The van der Waals surface area contributed by atoms with E-state index >= 15 is 0 Å². The zero-order chi connectivity index (χ0) is 15.1. The molecule has 0 radical (unpaired) electrons. The lowest BCUT2D eigenvalue weighted by atomic mass is 10.1. The number of rotatable bonds is 9. The second-order valence-electron chi connectivity index (χ2n) is 5.86. The van der Waals surface area contributed by atoms with Crippen molar-refractivity contribution in [3.8, 4) is 0 Å². The van der Waals surface area contributed by atoms with Gasteiger partial charge in [0, 0.05) is 11.3 Å². The molecule has 0 aliphatic heterocycles. The molecule has 0 bridgehead atoms. The Morgan fingerprint density at radius 2 is 2.05 bits per heavy atom. The molecule has 5 nitrogen and oxygen atoms in total. The molecule has 1 saturated carbocycles. The molecule has 1 aromatic heterocycles. The molecule has 120 valence electrons. The van der Waals surface area contributed by atoms with Crippen molar-refractivity contribution < 1.29 is 0 Å². The molecule has 0 saturated heterocycles. The third kappa shape index (κ3) is 4.42. The lowest BCUT2D eigenvalue weighted by Gasteiger charge is -2.26. The predicted molar refractivity (Wildman–Crippen MR) is 87.6 cm³/mol. The summed E-state index contributed by atoms with van der Waals surface area (Å²) in [5.41, 5.74) is 0. The van der Waals surface area contributed by atoms with Gasteiger partial charge >= 0.3 is 0 Å². The molecule has 1 aliphatic rings. The first kappa shape index (κ1) is 16.7. The summed E-state index contributed by atoms with van der Waals surface area (Å²) in [5.74, 6) is 0. The molecule has 0 aromatic carbocycles. The van der Waals surface area contributed by atoms with E-state index in [-0.39, 0.29) is 0 Å². The summed E-state index contributed by atoms with van der Waals surface area (Å²) in [6.45, 7) is 7.73. The highest BCUT2D eigenvalue weighted by Crippen LogP contribution is 2.34. The van der Waals surface area contributed by atoms with Gasteiger partial charge in [0.2, 0.25) is 5.16 Å². The molecule has 1 fully saturated rings. The number of hydrogen-bond donors (Lipinski definition) is 1. The van der Waals surface area contributed by atoms with Crippen molar-refractivity contribution in [1.29, 1.82) is 0 Å². The number of tetrazole rings is 1. The average molecular weight is 311 g/mol. The highest BCUT2D eigenvalue weighted by molar-refractivity contribution is 7.99. The van der Waals surface area contributed by atoms with Crippen LogP contribution < -0.4 is 5.32 Å². The van der Waals surface area contributed by atoms with E-state index in [0.29, 0.717) is 17.3 Å². The number of thioether (sulfide) groups is 1. The fourth-order valence-corrected chi connectivity index (χ4v) is 4.43. The van der Waals surface area contributed by atoms with Crippen LogP contribution in [-0.4, -0.2) is 38.0 Å². The Labute approximate surface area is 132 Å². The van der Waals surface area contributed by atoms with Crippen molar-refractivity contribution in [2.75, 3.05) is 6.54 Å². The molecule has 1 heterocycles. The molecule has 0 spiro atoms. The molecule has 1 aliphatic carbocycles. The predicted octanol–water partition coefficient (Wildman–Crippen LogP) is 3.44. The van der Waals surface area contributed by atoms with Crippen LogP contribution in [0.1, 0.15) is 71.8 Å². The molecule has 1 aromatic rings. The van der Waals surface area contributed by atoms with Gasteiger partial charge in [0.1, 0.15) is 0 Å². The number of nitrogens with zero attached hydrogens (tertiary/aromatic N) is 4. The Hall–Kier alpha value is -0.620. The maximum atomic E-state index is 4.29. The van der Waals surface area contributed by atoms with Gasteiger partial charge in [-0.1, -0.05) is 51.8 Å². The van der Waals surface area contributed by atoms with Crippen LogP contribution >= 0.6 is 11.8 Å². The maximum Gasteiger partial charge on any atom is 0.209 e. The Balaban J connectivity index is 2.05.